The second-order valence-electron chi connectivity index (χ2n) is 6.36. The lowest BCUT2D eigenvalue weighted by atomic mass is 9.81. The molecule has 3 amide bonds. The average molecular weight is 314 g/mol. The van der Waals surface area contributed by atoms with Gasteiger partial charge in [-0.2, -0.15) is 0 Å². The van der Waals surface area contributed by atoms with Crippen LogP contribution in [-0.4, -0.2) is 29.2 Å². The van der Waals surface area contributed by atoms with Gasteiger partial charge in [0.25, 0.3) is 0 Å². The SMILES string of the molecule is CCc1cccc(NC(=O)CN2C(=O)[C@@H]3CCCC[C@H]3C2=O)c1. The number of fused-ring (bicyclic) bond motifs is 1. The summed E-state index contributed by atoms with van der Waals surface area (Å²) in [5, 5.41) is 2.78. The van der Waals surface area contributed by atoms with Crippen LogP contribution in [0.25, 0.3) is 0 Å². The second-order valence-corrected chi connectivity index (χ2v) is 6.36. The monoisotopic (exact) mass is 314 g/mol. The Hall–Kier alpha value is -2.17. The number of carbonyl (C=O) groups is 3. The number of anilines is 1. The van der Waals surface area contributed by atoms with E-state index < -0.39 is 0 Å². The maximum Gasteiger partial charge on any atom is 0.244 e. The summed E-state index contributed by atoms with van der Waals surface area (Å²) in [6.45, 7) is 1.87. The van der Waals surface area contributed by atoms with E-state index >= 15 is 0 Å². The quantitative estimate of drug-likeness (QED) is 0.868. The van der Waals surface area contributed by atoms with Crippen molar-refractivity contribution in [3.63, 3.8) is 0 Å². The number of benzene rings is 1. The van der Waals surface area contributed by atoms with Crippen LogP contribution < -0.4 is 5.32 Å². The van der Waals surface area contributed by atoms with Gasteiger partial charge in [0, 0.05) is 5.69 Å². The third-order valence-corrected chi connectivity index (χ3v) is 4.85. The van der Waals surface area contributed by atoms with Gasteiger partial charge in [-0.05, 0) is 37.0 Å². The summed E-state index contributed by atoms with van der Waals surface area (Å²) in [6, 6.07) is 7.60. The number of imide groups is 1. The number of nitrogens with one attached hydrogen (secondary N) is 1. The minimum absolute atomic E-state index is 0.169. The van der Waals surface area contributed by atoms with Crippen LogP contribution in [0.5, 0.6) is 0 Å². The zero-order valence-corrected chi connectivity index (χ0v) is 13.4. The number of aryl methyl sites for hydroxylation is 1. The third-order valence-electron chi connectivity index (χ3n) is 4.85. The molecule has 1 aliphatic heterocycles. The van der Waals surface area contributed by atoms with Crippen LogP contribution in [0.1, 0.15) is 38.2 Å². The van der Waals surface area contributed by atoms with E-state index in [1.165, 1.54) is 0 Å². The molecule has 1 aromatic rings. The van der Waals surface area contributed by atoms with E-state index in [9.17, 15) is 14.4 Å². The molecule has 0 unspecified atom stereocenters. The molecule has 5 heteroatoms. The van der Waals surface area contributed by atoms with E-state index in [0.717, 1.165) is 42.6 Å². The van der Waals surface area contributed by atoms with Crippen molar-refractivity contribution in [3.05, 3.63) is 29.8 Å². The summed E-state index contributed by atoms with van der Waals surface area (Å²) in [6.07, 6.45) is 4.40. The van der Waals surface area contributed by atoms with Crippen molar-refractivity contribution >= 4 is 23.4 Å². The van der Waals surface area contributed by atoms with Crippen molar-refractivity contribution in [2.24, 2.45) is 11.8 Å². The summed E-state index contributed by atoms with van der Waals surface area (Å²) in [5.41, 5.74) is 1.83. The molecular formula is C18H22N2O3. The maximum absolute atomic E-state index is 12.4. The zero-order chi connectivity index (χ0) is 16.4. The maximum atomic E-state index is 12.4. The molecular weight excluding hydrogens is 292 g/mol. The fraction of sp³-hybridized carbons (Fsp3) is 0.500. The largest absolute Gasteiger partial charge is 0.325 e. The summed E-state index contributed by atoms with van der Waals surface area (Å²) in [5.74, 6) is -1.06. The standard InChI is InChI=1S/C18H22N2O3/c1-2-12-6-5-7-13(10-12)19-16(21)11-20-17(22)14-8-3-4-9-15(14)18(20)23/h5-7,10,14-15H,2-4,8-9,11H2,1H3,(H,19,21)/t14-,15-/m1/s1. The molecule has 0 aromatic heterocycles. The third kappa shape index (κ3) is 3.14. The highest BCUT2D eigenvalue weighted by atomic mass is 16.2. The van der Waals surface area contributed by atoms with Gasteiger partial charge in [0.15, 0.2) is 0 Å². The van der Waals surface area contributed by atoms with Gasteiger partial charge in [0.2, 0.25) is 17.7 Å². The van der Waals surface area contributed by atoms with Crippen LogP contribution >= 0.6 is 0 Å². The predicted molar refractivity (Wildman–Crippen MR) is 86.6 cm³/mol. The molecule has 122 valence electrons. The van der Waals surface area contributed by atoms with E-state index in [2.05, 4.69) is 5.32 Å². The number of nitrogens with zero attached hydrogens (tertiary/aromatic N) is 1. The summed E-state index contributed by atoms with van der Waals surface area (Å²) in [7, 11) is 0. The fourth-order valence-corrected chi connectivity index (χ4v) is 3.60. The number of hydrogen-bond acceptors (Lipinski definition) is 3. The lowest BCUT2D eigenvalue weighted by Crippen LogP contribution is -2.38. The summed E-state index contributed by atoms with van der Waals surface area (Å²) >= 11 is 0. The van der Waals surface area contributed by atoms with Gasteiger partial charge in [0.1, 0.15) is 6.54 Å². The van der Waals surface area contributed by atoms with Gasteiger partial charge in [-0.1, -0.05) is 31.9 Å². The van der Waals surface area contributed by atoms with Crippen LogP contribution in [0.3, 0.4) is 0 Å². The van der Waals surface area contributed by atoms with Crippen LogP contribution in [0.4, 0.5) is 5.69 Å². The molecule has 0 bridgehead atoms. The van der Waals surface area contributed by atoms with E-state index in [0.29, 0.717) is 5.69 Å². The van der Waals surface area contributed by atoms with Gasteiger partial charge in [0.05, 0.1) is 11.8 Å². The normalized spacial score (nSPS) is 23.8. The van der Waals surface area contributed by atoms with Crippen LogP contribution in [0.2, 0.25) is 0 Å². The Morgan fingerprint density at radius 1 is 1.17 bits per heavy atom. The fourth-order valence-electron chi connectivity index (χ4n) is 3.60. The average Bonchev–Trinajstić information content (AvgIpc) is 2.80. The minimum atomic E-state index is -0.321. The van der Waals surface area contributed by atoms with Gasteiger partial charge in [-0.25, -0.2) is 0 Å². The van der Waals surface area contributed by atoms with Crippen molar-refractivity contribution in [2.75, 3.05) is 11.9 Å². The second kappa shape index (κ2) is 6.52. The molecule has 2 fully saturated rings. The van der Waals surface area contributed by atoms with Crippen molar-refractivity contribution in [3.8, 4) is 0 Å². The molecule has 0 spiro atoms. The zero-order valence-electron chi connectivity index (χ0n) is 13.4. The van der Waals surface area contributed by atoms with E-state index in [1.54, 1.807) is 0 Å². The summed E-state index contributed by atoms with van der Waals surface area (Å²) in [4.78, 5) is 38.1. The van der Waals surface area contributed by atoms with Crippen LogP contribution in [0.15, 0.2) is 24.3 Å². The Kier molecular flexibility index (Phi) is 4.46. The summed E-state index contributed by atoms with van der Waals surface area (Å²) < 4.78 is 0. The Morgan fingerprint density at radius 2 is 1.83 bits per heavy atom. The highest BCUT2D eigenvalue weighted by Crippen LogP contribution is 2.37. The highest BCUT2D eigenvalue weighted by Gasteiger charge is 2.48. The Bertz CT molecular complexity index is 617. The van der Waals surface area contributed by atoms with Gasteiger partial charge in [-0.3, -0.25) is 19.3 Å². The van der Waals surface area contributed by atoms with Crippen molar-refractivity contribution in [1.82, 2.24) is 4.90 Å². The highest BCUT2D eigenvalue weighted by molar-refractivity contribution is 6.08. The Morgan fingerprint density at radius 3 is 2.43 bits per heavy atom. The van der Waals surface area contributed by atoms with Crippen molar-refractivity contribution < 1.29 is 14.4 Å². The molecule has 1 aromatic carbocycles. The lowest BCUT2D eigenvalue weighted by molar-refractivity contribution is -0.142. The first kappa shape index (κ1) is 15.7. The smallest absolute Gasteiger partial charge is 0.244 e. The minimum Gasteiger partial charge on any atom is -0.325 e. The molecule has 1 aliphatic carbocycles. The first-order valence-corrected chi connectivity index (χ1v) is 8.34. The van der Waals surface area contributed by atoms with E-state index in [-0.39, 0.29) is 36.1 Å². The first-order valence-electron chi connectivity index (χ1n) is 8.34. The van der Waals surface area contributed by atoms with Gasteiger partial charge >= 0.3 is 0 Å². The molecule has 2 atom stereocenters. The molecule has 2 aliphatic rings. The molecule has 0 radical (unpaired) electrons. The number of amides is 3. The molecule has 3 rings (SSSR count). The van der Waals surface area contributed by atoms with Crippen molar-refractivity contribution in [2.45, 2.75) is 39.0 Å². The molecule has 23 heavy (non-hydrogen) atoms. The predicted octanol–water partition coefficient (Wildman–Crippen LogP) is 2.36. The number of hydrogen-bond donors (Lipinski definition) is 1. The van der Waals surface area contributed by atoms with E-state index in [4.69, 9.17) is 0 Å². The number of carbonyl (C=O) groups excluding carboxylic acids is 3. The molecule has 1 heterocycles. The Balaban J connectivity index is 1.65. The molecule has 1 N–H and O–H groups in total. The van der Waals surface area contributed by atoms with Gasteiger partial charge < -0.3 is 5.32 Å². The van der Waals surface area contributed by atoms with Crippen molar-refractivity contribution in [1.29, 1.82) is 0 Å². The first-order chi connectivity index (χ1) is 11.1. The molecule has 1 saturated carbocycles. The van der Waals surface area contributed by atoms with Gasteiger partial charge in [-0.15, -0.1) is 0 Å². The number of likely N-dealkylation sites (tertiary alicyclic amines) is 1. The molecule has 5 nitrogen and oxygen atoms in total. The molecule has 1 saturated heterocycles. The van der Waals surface area contributed by atoms with Crippen LogP contribution in [-0.2, 0) is 20.8 Å². The topological polar surface area (TPSA) is 66.5 Å². The van der Waals surface area contributed by atoms with Crippen LogP contribution in [0, 0.1) is 11.8 Å². The lowest BCUT2D eigenvalue weighted by Gasteiger charge is -2.19. The number of rotatable bonds is 4. The Labute approximate surface area is 136 Å². The van der Waals surface area contributed by atoms with E-state index in [1.807, 2.05) is 31.2 Å².